The Morgan fingerprint density at radius 2 is 1.40 bits per heavy atom. The number of urea groups is 1. The normalized spacial score (nSPS) is 11.9. The van der Waals surface area contributed by atoms with Gasteiger partial charge in [-0.25, -0.2) is 4.79 Å². The SMILES string of the molecule is CCCCc1ccc(NC(=O)N(CCCOc2ccc(C[C@](C)(Oc3ccccc3)C(=O)[O-])cc2)Cc2ccccc2)cc1.[Na+]. The smallest absolute Gasteiger partial charge is 0.546 e. The van der Waals surface area contributed by atoms with E-state index in [4.69, 9.17) is 9.47 Å². The number of carbonyl (C=O) groups is 2. The number of aryl methyl sites for hydroxylation is 1. The number of nitrogens with one attached hydrogen (secondary N) is 1. The summed E-state index contributed by atoms with van der Waals surface area (Å²) in [6, 6.07) is 33.9. The number of carboxylic acid groups (broad SMARTS) is 1. The van der Waals surface area contributed by atoms with Gasteiger partial charge in [0, 0.05) is 25.2 Å². The van der Waals surface area contributed by atoms with Crippen molar-refractivity contribution < 1.29 is 53.7 Å². The molecular weight excluding hydrogens is 575 g/mol. The predicted molar refractivity (Wildman–Crippen MR) is 172 cm³/mol. The van der Waals surface area contributed by atoms with E-state index < -0.39 is 11.6 Å². The third-order valence-electron chi connectivity index (χ3n) is 7.35. The molecule has 230 valence electrons. The topological polar surface area (TPSA) is 90.9 Å². The molecule has 4 aromatic rings. The summed E-state index contributed by atoms with van der Waals surface area (Å²) < 4.78 is 11.7. The number of carbonyl (C=O) groups excluding carboxylic acids is 2. The van der Waals surface area contributed by atoms with Gasteiger partial charge < -0.3 is 29.6 Å². The summed E-state index contributed by atoms with van der Waals surface area (Å²) in [5.41, 5.74) is 2.35. The predicted octanol–water partition coefficient (Wildman–Crippen LogP) is 3.67. The first-order chi connectivity index (χ1) is 21.3. The number of amides is 2. The van der Waals surface area contributed by atoms with E-state index in [-0.39, 0.29) is 42.0 Å². The van der Waals surface area contributed by atoms with E-state index in [0.29, 0.717) is 37.6 Å². The molecule has 2 amide bonds. The van der Waals surface area contributed by atoms with Crippen LogP contribution in [-0.4, -0.2) is 35.7 Å². The van der Waals surface area contributed by atoms with Gasteiger partial charge in [-0.2, -0.15) is 0 Å². The van der Waals surface area contributed by atoms with E-state index in [1.165, 1.54) is 12.5 Å². The van der Waals surface area contributed by atoms with Crippen molar-refractivity contribution >= 4 is 17.7 Å². The van der Waals surface area contributed by atoms with Crippen LogP contribution in [0.4, 0.5) is 10.5 Å². The van der Waals surface area contributed by atoms with E-state index >= 15 is 0 Å². The molecule has 0 saturated carbocycles. The second-order valence-electron chi connectivity index (χ2n) is 11.1. The Morgan fingerprint density at radius 3 is 2.02 bits per heavy atom. The summed E-state index contributed by atoms with van der Waals surface area (Å²) in [4.78, 5) is 27.0. The van der Waals surface area contributed by atoms with Crippen molar-refractivity contribution in [1.29, 1.82) is 0 Å². The van der Waals surface area contributed by atoms with Gasteiger partial charge in [0.05, 0.1) is 12.6 Å². The van der Waals surface area contributed by atoms with Crippen molar-refractivity contribution in [2.75, 3.05) is 18.5 Å². The summed E-state index contributed by atoms with van der Waals surface area (Å²) in [6.07, 6.45) is 4.10. The molecule has 1 atom stereocenters. The molecule has 0 fully saturated rings. The van der Waals surface area contributed by atoms with Crippen LogP contribution < -0.4 is 49.5 Å². The Labute approximate surface area is 288 Å². The number of hydrogen-bond donors (Lipinski definition) is 1. The van der Waals surface area contributed by atoms with Crippen molar-refractivity contribution in [3.63, 3.8) is 0 Å². The van der Waals surface area contributed by atoms with E-state index in [2.05, 4.69) is 24.4 Å². The monoisotopic (exact) mass is 616 g/mol. The molecular formula is C37H41N2NaO5. The molecule has 0 spiro atoms. The van der Waals surface area contributed by atoms with Crippen molar-refractivity contribution in [3.8, 4) is 11.5 Å². The second kappa shape index (κ2) is 18.3. The number of benzene rings is 4. The molecule has 0 aliphatic heterocycles. The molecule has 4 aromatic carbocycles. The number of carboxylic acids is 1. The minimum atomic E-state index is -1.52. The number of nitrogens with zero attached hydrogens (tertiary/aromatic N) is 1. The Bertz CT molecular complexity index is 1450. The largest absolute Gasteiger partial charge is 1.00 e. The van der Waals surface area contributed by atoms with Gasteiger partial charge in [0.1, 0.15) is 17.1 Å². The molecule has 4 rings (SSSR count). The Morgan fingerprint density at radius 1 is 0.778 bits per heavy atom. The molecule has 0 bridgehead atoms. The molecule has 0 aromatic heterocycles. The fourth-order valence-corrected chi connectivity index (χ4v) is 4.83. The minimum absolute atomic E-state index is 0. The molecule has 0 radical (unpaired) electrons. The van der Waals surface area contributed by atoms with Crippen molar-refractivity contribution in [2.24, 2.45) is 0 Å². The summed E-state index contributed by atoms with van der Waals surface area (Å²) in [5, 5.41) is 15.0. The number of unbranched alkanes of at least 4 members (excludes halogenated alkanes) is 1. The summed E-state index contributed by atoms with van der Waals surface area (Å²) in [7, 11) is 0. The quantitative estimate of drug-likeness (QED) is 0.153. The van der Waals surface area contributed by atoms with Crippen LogP contribution in [0.3, 0.4) is 0 Å². The maximum absolute atomic E-state index is 13.3. The van der Waals surface area contributed by atoms with E-state index in [1.807, 2.05) is 72.8 Å². The van der Waals surface area contributed by atoms with E-state index in [0.717, 1.165) is 36.1 Å². The average molecular weight is 617 g/mol. The number of rotatable bonds is 16. The van der Waals surface area contributed by atoms with Gasteiger partial charge in [-0.1, -0.05) is 86.1 Å². The zero-order chi connectivity index (χ0) is 31.2. The first kappa shape index (κ1) is 35.7. The first-order valence-electron chi connectivity index (χ1n) is 15.2. The molecule has 0 aliphatic carbocycles. The average Bonchev–Trinajstić information content (AvgIpc) is 3.03. The maximum atomic E-state index is 13.3. The molecule has 8 heteroatoms. The van der Waals surface area contributed by atoms with Crippen LogP contribution in [0.15, 0.2) is 109 Å². The molecule has 0 saturated heterocycles. The minimum Gasteiger partial charge on any atom is -0.546 e. The van der Waals surface area contributed by atoms with Crippen molar-refractivity contribution in [3.05, 3.63) is 126 Å². The number of aliphatic carboxylic acids is 1. The molecule has 1 N–H and O–H groups in total. The van der Waals surface area contributed by atoms with Crippen molar-refractivity contribution in [2.45, 2.75) is 58.1 Å². The molecule has 7 nitrogen and oxygen atoms in total. The molecule has 0 heterocycles. The van der Waals surface area contributed by atoms with Gasteiger partial charge in [-0.05, 0) is 79.3 Å². The van der Waals surface area contributed by atoms with Gasteiger partial charge in [0.25, 0.3) is 0 Å². The van der Waals surface area contributed by atoms with Gasteiger partial charge >= 0.3 is 35.6 Å². The Kier molecular flexibility index (Phi) is 14.5. The number of anilines is 1. The summed E-state index contributed by atoms with van der Waals surface area (Å²) in [6.45, 7) is 5.10. The molecule has 45 heavy (non-hydrogen) atoms. The Hall–Kier alpha value is -3.78. The van der Waals surface area contributed by atoms with Crippen LogP contribution in [0, 0.1) is 0 Å². The third kappa shape index (κ3) is 11.6. The zero-order valence-electron chi connectivity index (χ0n) is 26.5. The van der Waals surface area contributed by atoms with Crippen LogP contribution in [0.25, 0.3) is 0 Å². The van der Waals surface area contributed by atoms with Crippen LogP contribution in [0.5, 0.6) is 11.5 Å². The summed E-state index contributed by atoms with van der Waals surface area (Å²) in [5.74, 6) is -0.153. The van der Waals surface area contributed by atoms with Crippen molar-refractivity contribution in [1.82, 2.24) is 4.90 Å². The third-order valence-corrected chi connectivity index (χ3v) is 7.35. The van der Waals surface area contributed by atoms with Gasteiger partial charge in [0.15, 0.2) is 0 Å². The fourth-order valence-electron chi connectivity index (χ4n) is 4.83. The van der Waals surface area contributed by atoms with Gasteiger partial charge in [0.2, 0.25) is 0 Å². The molecule has 0 aliphatic rings. The molecule has 0 unspecified atom stereocenters. The van der Waals surface area contributed by atoms with Crippen LogP contribution in [0.2, 0.25) is 0 Å². The van der Waals surface area contributed by atoms with E-state index in [9.17, 15) is 14.7 Å². The fraction of sp³-hybridized carbons (Fsp3) is 0.297. The van der Waals surface area contributed by atoms with Crippen LogP contribution in [0.1, 0.15) is 49.8 Å². The summed E-state index contributed by atoms with van der Waals surface area (Å²) >= 11 is 0. The first-order valence-corrected chi connectivity index (χ1v) is 15.2. The standard InChI is InChI=1S/C37H42N2O5.Na/c1-3-4-12-29-17-21-32(22-18-29)38-36(42)39(28-31-13-7-5-8-14-31)25-11-26-43-33-23-19-30(20-24-33)27-37(2,35(40)41)44-34-15-9-6-10-16-34;/h5-10,13-24H,3-4,11-12,25-28H2,1-2H3,(H,38,42)(H,40,41);/q;+1/p-1/t37-;/m0./s1. The zero-order valence-corrected chi connectivity index (χ0v) is 28.5. The van der Waals surface area contributed by atoms with E-state index in [1.54, 1.807) is 29.2 Å². The number of para-hydroxylation sites is 1. The van der Waals surface area contributed by atoms with Crippen LogP contribution >= 0.6 is 0 Å². The van der Waals surface area contributed by atoms with Crippen LogP contribution in [-0.2, 0) is 24.2 Å². The second-order valence-corrected chi connectivity index (χ2v) is 11.1. The van der Waals surface area contributed by atoms with Gasteiger partial charge in [-0.15, -0.1) is 0 Å². The number of hydrogen-bond acceptors (Lipinski definition) is 5. The Balaban J connectivity index is 0.00000552. The number of ether oxygens (including phenoxy) is 2. The maximum Gasteiger partial charge on any atom is 1.00 e. The van der Waals surface area contributed by atoms with Gasteiger partial charge in [-0.3, -0.25) is 0 Å².